The zero-order chi connectivity index (χ0) is 25.3. The zero-order valence-corrected chi connectivity index (χ0v) is 22.6. The fourth-order valence-corrected chi connectivity index (χ4v) is 5.19. The SMILES string of the molecule is COc1ccc2c(c1)c(C[C@@H](C)CC(=O)N1C(=O)OCC1C(C)C)c(C)n2Cc1ccc(Br)cc1. The number of imide groups is 1. The van der Waals surface area contributed by atoms with E-state index in [0.29, 0.717) is 6.42 Å². The van der Waals surface area contributed by atoms with Crippen molar-refractivity contribution in [3.63, 3.8) is 0 Å². The van der Waals surface area contributed by atoms with E-state index in [2.05, 4.69) is 70.7 Å². The molecule has 0 N–H and O–H groups in total. The molecule has 2 atom stereocenters. The molecule has 0 saturated carbocycles. The third kappa shape index (κ3) is 5.25. The normalized spacial score (nSPS) is 16.7. The van der Waals surface area contributed by atoms with Crippen LogP contribution in [0.4, 0.5) is 4.79 Å². The van der Waals surface area contributed by atoms with Crippen LogP contribution in [0.1, 0.15) is 44.0 Å². The van der Waals surface area contributed by atoms with Gasteiger partial charge in [-0.15, -0.1) is 0 Å². The van der Waals surface area contributed by atoms with E-state index in [-0.39, 0.29) is 30.4 Å². The molecule has 1 aromatic heterocycles. The zero-order valence-electron chi connectivity index (χ0n) is 21.0. The van der Waals surface area contributed by atoms with E-state index in [1.165, 1.54) is 21.7 Å². The Kier molecular flexibility index (Phi) is 7.55. The molecule has 0 spiro atoms. The maximum Gasteiger partial charge on any atom is 0.416 e. The average molecular weight is 541 g/mol. The van der Waals surface area contributed by atoms with Gasteiger partial charge in [0.25, 0.3) is 0 Å². The van der Waals surface area contributed by atoms with Crippen LogP contribution in [0.15, 0.2) is 46.9 Å². The van der Waals surface area contributed by atoms with Crippen LogP contribution in [0.3, 0.4) is 0 Å². The highest BCUT2D eigenvalue weighted by molar-refractivity contribution is 9.10. The van der Waals surface area contributed by atoms with Crippen molar-refractivity contribution in [1.29, 1.82) is 0 Å². The molecule has 7 heteroatoms. The third-order valence-electron chi connectivity index (χ3n) is 6.94. The highest BCUT2D eigenvalue weighted by atomic mass is 79.9. The van der Waals surface area contributed by atoms with Gasteiger partial charge in [-0.25, -0.2) is 9.69 Å². The minimum atomic E-state index is -0.520. The molecule has 2 amide bonds. The van der Waals surface area contributed by atoms with Gasteiger partial charge in [0, 0.05) is 34.0 Å². The van der Waals surface area contributed by atoms with Crippen molar-refractivity contribution in [1.82, 2.24) is 9.47 Å². The van der Waals surface area contributed by atoms with E-state index in [4.69, 9.17) is 9.47 Å². The molecular weight excluding hydrogens is 508 g/mol. The van der Waals surface area contributed by atoms with Gasteiger partial charge in [0.15, 0.2) is 0 Å². The Labute approximate surface area is 215 Å². The molecule has 1 saturated heterocycles. The Bertz CT molecular complexity index is 1230. The van der Waals surface area contributed by atoms with E-state index in [1.807, 2.05) is 19.9 Å². The lowest BCUT2D eigenvalue weighted by molar-refractivity contribution is -0.130. The van der Waals surface area contributed by atoms with Gasteiger partial charge in [-0.1, -0.05) is 48.8 Å². The maximum atomic E-state index is 13.1. The highest BCUT2D eigenvalue weighted by Crippen LogP contribution is 2.33. The summed E-state index contributed by atoms with van der Waals surface area (Å²) in [7, 11) is 1.67. The first-order chi connectivity index (χ1) is 16.7. The number of methoxy groups -OCH3 is 1. The van der Waals surface area contributed by atoms with Crippen molar-refractivity contribution in [2.75, 3.05) is 13.7 Å². The lowest BCUT2D eigenvalue weighted by Crippen LogP contribution is -2.42. The van der Waals surface area contributed by atoms with Crippen LogP contribution in [0, 0.1) is 18.8 Å². The standard InChI is InChI=1S/C28H33BrN2O4/c1-17(2)26-16-35-28(33)31(26)27(32)13-18(3)12-23-19(4)30(15-20-6-8-21(29)9-7-20)25-11-10-22(34-5)14-24(23)25/h6-11,14,17-18,26H,12-13,15-16H2,1-5H3/t18-,26?/m1/s1. The van der Waals surface area contributed by atoms with Crippen LogP contribution in [0.2, 0.25) is 0 Å². The van der Waals surface area contributed by atoms with Crippen LogP contribution in [0.5, 0.6) is 5.75 Å². The molecule has 1 unspecified atom stereocenters. The van der Waals surface area contributed by atoms with Gasteiger partial charge in [0.1, 0.15) is 12.4 Å². The topological polar surface area (TPSA) is 60.8 Å². The molecule has 1 fully saturated rings. The summed E-state index contributed by atoms with van der Waals surface area (Å²) in [6, 6.07) is 14.3. The van der Waals surface area contributed by atoms with Crippen LogP contribution < -0.4 is 4.74 Å². The van der Waals surface area contributed by atoms with Gasteiger partial charge in [-0.2, -0.15) is 0 Å². The monoisotopic (exact) mass is 540 g/mol. The Balaban J connectivity index is 1.61. The van der Waals surface area contributed by atoms with Crippen LogP contribution in [-0.4, -0.2) is 41.2 Å². The number of aromatic nitrogens is 1. The first-order valence-corrected chi connectivity index (χ1v) is 12.9. The summed E-state index contributed by atoms with van der Waals surface area (Å²) in [5.74, 6) is 0.864. The summed E-state index contributed by atoms with van der Waals surface area (Å²) in [5, 5.41) is 1.14. The number of cyclic esters (lactones) is 1. The molecule has 3 aromatic rings. The number of fused-ring (bicyclic) bond motifs is 1. The molecule has 35 heavy (non-hydrogen) atoms. The fraction of sp³-hybridized carbons (Fsp3) is 0.429. The lowest BCUT2D eigenvalue weighted by Gasteiger charge is -2.24. The molecule has 1 aliphatic rings. The number of carbonyl (C=O) groups excluding carboxylic acids is 2. The van der Waals surface area contributed by atoms with Crippen LogP contribution in [0.25, 0.3) is 10.9 Å². The summed E-state index contributed by atoms with van der Waals surface area (Å²) in [5.41, 5.74) is 4.74. The highest BCUT2D eigenvalue weighted by Gasteiger charge is 2.39. The number of halogens is 1. The van der Waals surface area contributed by atoms with Crippen molar-refractivity contribution in [2.24, 2.45) is 11.8 Å². The van der Waals surface area contributed by atoms with Crippen molar-refractivity contribution in [3.8, 4) is 5.75 Å². The minimum absolute atomic E-state index is 0.0559. The number of ether oxygens (including phenoxy) is 2. The van der Waals surface area contributed by atoms with Gasteiger partial charge in [0.2, 0.25) is 5.91 Å². The van der Waals surface area contributed by atoms with Crippen molar-refractivity contribution >= 4 is 38.8 Å². The van der Waals surface area contributed by atoms with Crippen molar-refractivity contribution < 1.29 is 19.1 Å². The molecule has 186 valence electrons. The molecule has 1 aliphatic heterocycles. The number of benzene rings is 2. The summed E-state index contributed by atoms with van der Waals surface area (Å²) in [4.78, 5) is 26.6. The smallest absolute Gasteiger partial charge is 0.416 e. The molecule has 2 aromatic carbocycles. The maximum absolute atomic E-state index is 13.1. The van der Waals surface area contributed by atoms with Gasteiger partial charge < -0.3 is 14.0 Å². The number of hydrogen-bond donors (Lipinski definition) is 0. The molecule has 6 nitrogen and oxygen atoms in total. The van der Waals surface area contributed by atoms with Gasteiger partial charge in [-0.3, -0.25) is 4.79 Å². The molecule has 2 heterocycles. The number of nitrogens with zero attached hydrogens (tertiary/aromatic N) is 2. The van der Waals surface area contributed by atoms with Crippen LogP contribution >= 0.6 is 15.9 Å². The van der Waals surface area contributed by atoms with Crippen molar-refractivity contribution in [3.05, 3.63) is 63.8 Å². The van der Waals surface area contributed by atoms with E-state index in [9.17, 15) is 9.59 Å². The minimum Gasteiger partial charge on any atom is -0.497 e. The quantitative estimate of drug-likeness (QED) is 0.334. The first kappa shape index (κ1) is 25.3. The van der Waals surface area contributed by atoms with Gasteiger partial charge >= 0.3 is 6.09 Å². The second kappa shape index (κ2) is 10.4. The van der Waals surface area contributed by atoms with Gasteiger partial charge in [0.05, 0.1) is 13.2 Å². The van der Waals surface area contributed by atoms with E-state index in [0.717, 1.165) is 34.1 Å². The Morgan fingerprint density at radius 1 is 1.17 bits per heavy atom. The third-order valence-corrected chi connectivity index (χ3v) is 7.46. The number of carbonyl (C=O) groups is 2. The summed E-state index contributed by atoms with van der Waals surface area (Å²) >= 11 is 3.51. The Morgan fingerprint density at radius 3 is 2.54 bits per heavy atom. The molecule has 0 radical (unpaired) electrons. The van der Waals surface area contributed by atoms with E-state index < -0.39 is 6.09 Å². The summed E-state index contributed by atoms with van der Waals surface area (Å²) < 4.78 is 14.1. The first-order valence-electron chi connectivity index (χ1n) is 12.1. The summed E-state index contributed by atoms with van der Waals surface area (Å²) in [6.07, 6.45) is 0.498. The second-order valence-corrected chi connectivity index (χ2v) is 10.7. The lowest BCUT2D eigenvalue weighted by atomic mass is 9.94. The molecule has 0 bridgehead atoms. The Morgan fingerprint density at radius 2 is 1.89 bits per heavy atom. The number of rotatable bonds is 8. The molecular formula is C28H33BrN2O4. The number of hydrogen-bond acceptors (Lipinski definition) is 4. The van der Waals surface area contributed by atoms with Crippen molar-refractivity contribution in [2.45, 2.75) is 53.1 Å². The summed E-state index contributed by atoms with van der Waals surface area (Å²) in [6.45, 7) is 9.26. The Hall–Kier alpha value is -2.80. The fourth-order valence-electron chi connectivity index (χ4n) is 4.92. The van der Waals surface area contributed by atoms with E-state index >= 15 is 0 Å². The molecule has 4 rings (SSSR count). The van der Waals surface area contributed by atoms with E-state index in [1.54, 1.807) is 7.11 Å². The van der Waals surface area contributed by atoms with Crippen LogP contribution in [-0.2, 0) is 22.5 Å². The number of amides is 2. The van der Waals surface area contributed by atoms with Gasteiger partial charge in [-0.05, 0) is 66.6 Å². The predicted molar refractivity (Wildman–Crippen MR) is 141 cm³/mol. The largest absolute Gasteiger partial charge is 0.497 e. The predicted octanol–water partition coefficient (Wildman–Crippen LogP) is 6.34. The molecule has 0 aliphatic carbocycles. The second-order valence-electron chi connectivity index (χ2n) is 9.83. The average Bonchev–Trinajstić information content (AvgIpc) is 3.33.